The summed E-state index contributed by atoms with van der Waals surface area (Å²) in [5.41, 5.74) is 0.613. The van der Waals surface area contributed by atoms with E-state index in [1.54, 1.807) is 18.5 Å². The maximum absolute atomic E-state index is 12.3. The highest BCUT2D eigenvalue weighted by Gasteiger charge is 2.34. The lowest BCUT2D eigenvalue weighted by molar-refractivity contribution is -0.150. The molecule has 2 N–H and O–H groups in total. The highest BCUT2D eigenvalue weighted by molar-refractivity contribution is 5.95. The summed E-state index contributed by atoms with van der Waals surface area (Å²) >= 11 is 0. The molecule has 136 valence electrons. The van der Waals surface area contributed by atoms with Gasteiger partial charge in [-0.15, -0.1) is 0 Å². The number of methoxy groups -OCH3 is 1. The molecule has 26 heavy (non-hydrogen) atoms. The smallest absolute Gasteiger partial charge is 0.328 e. The Bertz CT molecular complexity index is 839. The van der Waals surface area contributed by atoms with Crippen molar-refractivity contribution in [3.8, 4) is 0 Å². The van der Waals surface area contributed by atoms with Crippen molar-refractivity contribution in [3.05, 3.63) is 36.7 Å². The minimum absolute atomic E-state index is 0.184. The highest BCUT2D eigenvalue weighted by Crippen LogP contribution is 2.19. The molecule has 1 fully saturated rings. The molecule has 1 aliphatic rings. The van der Waals surface area contributed by atoms with E-state index < -0.39 is 18.0 Å². The van der Waals surface area contributed by atoms with Crippen molar-refractivity contribution in [1.29, 1.82) is 0 Å². The van der Waals surface area contributed by atoms with Gasteiger partial charge in [0, 0.05) is 30.0 Å². The second-order valence-electron chi connectivity index (χ2n) is 6.01. The molecule has 0 spiro atoms. The first-order valence-corrected chi connectivity index (χ1v) is 8.34. The fourth-order valence-electron chi connectivity index (χ4n) is 3.04. The number of fused-ring (bicyclic) bond motifs is 1. The number of likely N-dealkylation sites (tertiary alicyclic amines) is 1. The van der Waals surface area contributed by atoms with E-state index in [0.717, 1.165) is 17.2 Å². The number of aromatic nitrogens is 1. The molecule has 3 rings (SSSR count). The van der Waals surface area contributed by atoms with Gasteiger partial charge in [0.05, 0.1) is 13.7 Å². The van der Waals surface area contributed by atoms with Crippen LogP contribution in [-0.2, 0) is 14.3 Å². The van der Waals surface area contributed by atoms with E-state index in [-0.39, 0.29) is 12.5 Å². The number of nitrogens with one attached hydrogen (secondary N) is 2. The third-order valence-corrected chi connectivity index (χ3v) is 4.35. The zero-order valence-electron chi connectivity index (χ0n) is 14.4. The van der Waals surface area contributed by atoms with Crippen LogP contribution in [0.2, 0.25) is 0 Å². The van der Waals surface area contributed by atoms with Crippen LogP contribution in [-0.4, -0.2) is 54.0 Å². The second kappa shape index (κ2) is 7.81. The van der Waals surface area contributed by atoms with Gasteiger partial charge in [-0.05, 0) is 36.4 Å². The number of urea groups is 1. The van der Waals surface area contributed by atoms with Crippen LogP contribution >= 0.6 is 0 Å². The van der Waals surface area contributed by atoms with Crippen LogP contribution in [0.25, 0.3) is 10.8 Å². The largest absolute Gasteiger partial charge is 0.467 e. The van der Waals surface area contributed by atoms with Crippen LogP contribution < -0.4 is 10.6 Å². The van der Waals surface area contributed by atoms with Gasteiger partial charge in [0.15, 0.2) is 0 Å². The van der Waals surface area contributed by atoms with E-state index in [0.29, 0.717) is 18.7 Å². The molecule has 2 heterocycles. The zero-order valence-corrected chi connectivity index (χ0v) is 14.4. The summed E-state index contributed by atoms with van der Waals surface area (Å²) in [5.74, 6) is -0.733. The fourth-order valence-corrected chi connectivity index (χ4v) is 3.04. The van der Waals surface area contributed by atoms with Crippen LogP contribution in [0.3, 0.4) is 0 Å². The lowest BCUT2D eigenvalue weighted by Crippen LogP contribution is -2.46. The van der Waals surface area contributed by atoms with Crippen LogP contribution in [0.4, 0.5) is 10.5 Å². The summed E-state index contributed by atoms with van der Waals surface area (Å²) in [6, 6.07) is 6.24. The average Bonchev–Trinajstić information content (AvgIpc) is 3.15. The SMILES string of the molecule is COC(=O)[C@@H]1CCCN1C(=O)CNC(=O)Nc1ccc2cnccc2c1. The van der Waals surface area contributed by atoms with Gasteiger partial charge in [0.2, 0.25) is 5.91 Å². The van der Waals surface area contributed by atoms with E-state index in [9.17, 15) is 14.4 Å². The Morgan fingerprint density at radius 1 is 1.27 bits per heavy atom. The summed E-state index contributed by atoms with van der Waals surface area (Å²) in [6.07, 6.45) is 4.74. The maximum Gasteiger partial charge on any atom is 0.328 e. The molecule has 2 aromatic rings. The van der Waals surface area contributed by atoms with E-state index >= 15 is 0 Å². The summed E-state index contributed by atoms with van der Waals surface area (Å²) in [4.78, 5) is 41.5. The molecular formula is C18H20N4O4. The molecule has 0 aliphatic carbocycles. The topological polar surface area (TPSA) is 101 Å². The quantitative estimate of drug-likeness (QED) is 0.809. The predicted molar refractivity (Wildman–Crippen MR) is 95.5 cm³/mol. The normalized spacial score (nSPS) is 16.3. The summed E-state index contributed by atoms with van der Waals surface area (Å²) < 4.78 is 4.72. The molecule has 1 aromatic carbocycles. The number of ether oxygens (including phenoxy) is 1. The summed E-state index contributed by atoms with van der Waals surface area (Å²) in [6.45, 7) is 0.303. The van der Waals surface area contributed by atoms with Crippen LogP contribution in [0.15, 0.2) is 36.7 Å². The monoisotopic (exact) mass is 356 g/mol. The Kier molecular flexibility index (Phi) is 5.31. The molecule has 1 aliphatic heterocycles. The molecule has 8 heteroatoms. The lowest BCUT2D eigenvalue weighted by atomic mass is 10.1. The van der Waals surface area contributed by atoms with Gasteiger partial charge in [0.1, 0.15) is 6.04 Å². The van der Waals surface area contributed by atoms with Gasteiger partial charge in [-0.1, -0.05) is 6.07 Å². The van der Waals surface area contributed by atoms with Crippen molar-refractivity contribution in [2.45, 2.75) is 18.9 Å². The first-order valence-electron chi connectivity index (χ1n) is 8.34. The Labute approximate surface area is 150 Å². The first-order chi connectivity index (χ1) is 12.6. The Hall–Kier alpha value is -3.16. The van der Waals surface area contributed by atoms with Crippen LogP contribution in [0.1, 0.15) is 12.8 Å². The molecule has 1 saturated heterocycles. The van der Waals surface area contributed by atoms with Crippen molar-refractivity contribution < 1.29 is 19.1 Å². The van der Waals surface area contributed by atoms with Gasteiger partial charge < -0.3 is 20.3 Å². The van der Waals surface area contributed by atoms with E-state index in [2.05, 4.69) is 15.6 Å². The maximum atomic E-state index is 12.3. The number of esters is 1. The van der Waals surface area contributed by atoms with E-state index in [1.165, 1.54) is 12.0 Å². The summed E-state index contributed by atoms with van der Waals surface area (Å²) in [5, 5.41) is 7.14. The molecule has 8 nitrogen and oxygen atoms in total. The number of carbonyl (C=O) groups excluding carboxylic acids is 3. The second-order valence-corrected chi connectivity index (χ2v) is 6.01. The molecule has 1 atom stereocenters. The van der Waals surface area contributed by atoms with Gasteiger partial charge in [-0.2, -0.15) is 0 Å². The fraction of sp³-hybridized carbons (Fsp3) is 0.333. The number of hydrogen-bond donors (Lipinski definition) is 2. The van der Waals surface area contributed by atoms with Crippen molar-refractivity contribution in [2.24, 2.45) is 0 Å². The first kappa shape index (κ1) is 17.7. The molecule has 1 aromatic heterocycles. The molecule has 0 radical (unpaired) electrons. The van der Waals surface area contributed by atoms with Crippen molar-refractivity contribution in [1.82, 2.24) is 15.2 Å². The lowest BCUT2D eigenvalue weighted by Gasteiger charge is -2.22. The standard InChI is InChI=1S/C18H20N4O4/c1-26-17(24)15-3-2-8-22(15)16(23)11-20-18(25)21-14-5-4-13-10-19-7-6-12(13)9-14/h4-7,9-10,15H,2-3,8,11H2,1H3,(H2,20,21,25)/t15-/m0/s1. The number of amides is 3. The number of anilines is 1. The number of benzene rings is 1. The average molecular weight is 356 g/mol. The van der Waals surface area contributed by atoms with Crippen molar-refractivity contribution in [2.75, 3.05) is 25.5 Å². The van der Waals surface area contributed by atoms with Crippen molar-refractivity contribution >= 4 is 34.4 Å². The predicted octanol–water partition coefficient (Wildman–Crippen LogP) is 1.52. The van der Waals surface area contributed by atoms with Crippen LogP contribution in [0.5, 0.6) is 0 Å². The van der Waals surface area contributed by atoms with E-state index in [4.69, 9.17) is 4.74 Å². The number of nitrogens with zero attached hydrogens (tertiary/aromatic N) is 2. The number of carbonyl (C=O) groups is 3. The Morgan fingerprint density at radius 2 is 2.12 bits per heavy atom. The third kappa shape index (κ3) is 3.90. The Balaban J connectivity index is 1.54. The zero-order chi connectivity index (χ0) is 18.5. The number of rotatable bonds is 4. The molecule has 3 amide bonds. The summed E-state index contributed by atoms with van der Waals surface area (Å²) in [7, 11) is 1.30. The van der Waals surface area contributed by atoms with E-state index in [1.807, 2.05) is 18.2 Å². The number of hydrogen-bond acceptors (Lipinski definition) is 5. The molecule has 0 bridgehead atoms. The van der Waals surface area contributed by atoms with Crippen molar-refractivity contribution in [3.63, 3.8) is 0 Å². The van der Waals surface area contributed by atoms with Crippen LogP contribution in [0, 0.1) is 0 Å². The van der Waals surface area contributed by atoms with Gasteiger partial charge in [-0.25, -0.2) is 9.59 Å². The number of pyridine rings is 1. The van der Waals surface area contributed by atoms with Gasteiger partial charge in [0.25, 0.3) is 0 Å². The highest BCUT2D eigenvalue weighted by atomic mass is 16.5. The van der Waals surface area contributed by atoms with Gasteiger partial charge >= 0.3 is 12.0 Å². The minimum Gasteiger partial charge on any atom is -0.467 e. The Morgan fingerprint density at radius 3 is 2.92 bits per heavy atom. The third-order valence-electron chi connectivity index (χ3n) is 4.35. The molecular weight excluding hydrogens is 336 g/mol. The molecule has 0 unspecified atom stereocenters. The molecule has 0 saturated carbocycles. The minimum atomic E-state index is -0.563. The van der Waals surface area contributed by atoms with Gasteiger partial charge in [-0.3, -0.25) is 9.78 Å².